The van der Waals surface area contributed by atoms with E-state index in [2.05, 4.69) is 16.8 Å². The van der Waals surface area contributed by atoms with Crippen LogP contribution in [0.25, 0.3) is 11.1 Å². The van der Waals surface area contributed by atoms with Crippen molar-refractivity contribution in [1.29, 1.82) is 0 Å². The largest absolute Gasteiger partial charge is 0.369 e. The van der Waals surface area contributed by atoms with Crippen LogP contribution in [0.2, 0.25) is 0 Å². The molecular weight excluding hydrogens is 270 g/mol. The predicted octanol–water partition coefficient (Wildman–Crippen LogP) is 3.35. The first-order valence-electron chi connectivity index (χ1n) is 7.15. The third kappa shape index (κ3) is 1.84. The highest BCUT2D eigenvalue weighted by atomic mass is 16.3. The van der Waals surface area contributed by atoms with Crippen LogP contribution in [0.4, 0.5) is 0 Å². The predicted molar refractivity (Wildman–Crippen MR) is 86.0 cm³/mol. The van der Waals surface area contributed by atoms with Crippen molar-refractivity contribution in [3.63, 3.8) is 0 Å². The molecule has 1 heterocycles. The summed E-state index contributed by atoms with van der Waals surface area (Å²) in [5, 5.41) is 11.3. The SMILES string of the molecule is OC1(C#Cc2ccccn2)c2ccccc2-c2ccccc21. The molecule has 0 amide bonds. The van der Waals surface area contributed by atoms with Crippen molar-refractivity contribution in [3.8, 4) is 23.0 Å². The smallest absolute Gasteiger partial charge is 0.178 e. The number of hydrogen-bond donors (Lipinski definition) is 1. The lowest BCUT2D eigenvalue weighted by Crippen LogP contribution is -2.22. The molecule has 0 fully saturated rings. The fourth-order valence-electron chi connectivity index (χ4n) is 2.94. The maximum atomic E-state index is 11.3. The molecule has 0 radical (unpaired) electrons. The first kappa shape index (κ1) is 12.8. The summed E-state index contributed by atoms with van der Waals surface area (Å²) in [6.45, 7) is 0. The molecule has 2 nitrogen and oxygen atoms in total. The molecule has 3 aromatic rings. The molecule has 1 aliphatic carbocycles. The van der Waals surface area contributed by atoms with Crippen LogP contribution in [0.1, 0.15) is 16.8 Å². The molecule has 4 rings (SSSR count). The standard InChI is InChI=1S/C20H13NO/c22-20(13-12-15-7-5-6-14-21-15)18-10-3-1-8-16(18)17-9-2-4-11-19(17)20/h1-11,14,22H. The highest BCUT2D eigenvalue weighted by molar-refractivity contribution is 5.82. The van der Waals surface area contributed by atoms with E-state index in [0.29, 0.717) is 5.69 Å². The summed E-state index contributed by atoms with van der Waals surface area (Å²) >= 11 is 0. The van der Waals surface area contributed by atoms with Gasteiger partial charge in [-0.3, -0.25) is 0 Å². The lowest BCUT2D eigenvalue weighted by Gasteiger charge is -2.18. The van der Waals surface area contributed by atoms with Crippen LogP contribution in [0.5, 0.6) is 0 Å². The average Bonchev–Trinajstić information content (AvgIpc) is 2.85. The van der Waals surface area contributed by atoms with Crippen LogP contribution < -0.4 is 0 Å². The second-order valence-corrected chi connectivity index (χ2v) is 5.27. The Labute approximate surface area is 129 Å². The molecule has 1 N–H and O–H groups in total. The van der Waals surface area contributed by atoms with Crippen molar-refractivity contribution < 1.29 is 5.11 Å². The summed E-state index contributed by atoms with van der Waals surface area (Å²) in [5.74, 6) is 6.03. The highest BCUT2D eigenvalue weighted by Crippen LogP contribution is 2.46. The van der Waals surface area contributed by atoms with Crippen LogP contribution in [-0.4, -0.2) is 10.1 Å². The topological polar surface area (TPSA) is 33.1 Å². The van der Waals surface area contributed by atoms with Gasteiger partial charge in [0.05, 0.1) is 0 Å². The van der Waals surface area contributed by atoms with Gasteiger partial charge < -0.3 is 5.11 Å². The summed E-state index contributed by atoms with van der Waals surface area (Å²) in [4.78, 5) is 4.20. The minimum Gasteiger partial charge on any atom is -0.369 e. The minimum absolute atomic E-state index is 0.651. The molecule has 0 unspecified atom stereocenters. The number of benzene rings is 2. The van der Waals surface area contributed by atoms with E-state index in [1.165, 1.54) is 0 Å². The quantitative estimate of drug-likeness (QED) is 0.642. The van der Waals surface area contributed by atoms with E-state index in [1.54, 1.807) is 6.20 Å². The Balaban J connectivity index is 1.93. The van der Waals surface area contributed by atoms with Gasteiger partial charge in [0, 0.05) is 17.3 Å². The second-order valence-electron chi connectivity index (χ2n) is 5.27. The van der Waals surface area contributed by atoms with E-state index in [9.17, 15) is 5.11 Å². The Bertz CT molecular complexity index is 858. The van der Waals surface area contributed by atoms with E-state index < -0.39 is 5.60 Å². The Kier molecular flexibility index (Phi) is 2.82. The number of rotatable bonds is 0. The molecule has 2 heteroatoms. The van der Waals surface area contributed by atoms with Gasteiger partial charge in [-0.05, 0) is 29.2 Å². The molecule has 1 aromatic heterocycles. The zero-order valence-electron chi connectivity index (χ0n) is 11.8. The molecule has 104 valence electrons. The van der Waals surface area contributed by atoms with E-state index in [4.69, 9.17) is 0 Å². The van der Waals surface area contributed by atoms with Crippen LogP contribution >= 0.6 is 0 Å². The summed E-state index contributed by atoms with van der Waals surface area (Å²) < 4.78 is 0. The molecule has 0 aliphatic heterocycles. The lowest BCUT2D eigenvalue weighted by molar-refractivity contribution is 0.150. The van der Waals surface area contributed by atoms with Crippen molar-refractivity contribution in [2.75, 3.05) is 0 Å². The fourth-order valence-corrected chi connectivity index (χ4v) is 2.94. The second kappa shape index (κ2) is 4.84. The maximum Gasteiger partial charge on any atom is 0.178 e. The van der Waals surface area contributed by atoms with E-state index in [-0.39, 0.29) is 0 Å². The van der Waals surface area contributed by atoms with Crippen molar-refractivity contribution in [2.24, 2.45) is 0 Å². The molecule has 1 aliphatic rings. The number of nitrogens with zero attached hydrogens (tertiary/aromatic N) is 1. The van der Waals surface area contributed by atoms with Gasteiger partial charge in [0.1, 0.15) is 5.69 Å². The van der Waals surface area contributed by atoms with E-state index >= 15 is 0 Å². The van der Waals surface area contributed by atoms with Crippen molar-refractivity contribution in [3.05, 3.63) is 89.7 Å². The van der Waals surface area contributed by atoms with Crippen LogP contribution in [0.15, 0.2) is 72.9 Å². The minimum atomic E-state index is -1.29. The third-order valence-electron chi connectivity index (χ3n) is 3.96. The zero-order valence-corrected chi connectivity index (χ0v) is 11.8. The Morgan fingerprint density at radius 2 is 1.36 bits per heavy atom. The molecular formula is C20H13NO. The number of aromatic nitrogens is 1. The van der Waals surface area contributed by atoms with Gasteiger partial charge in [0.15, 0.2) is 5.60 Å². The van der Waals surface area contributed by atoms with Gasteiger partial charge in [-0.2, -0.15) is 0 Å². The lowest BCUT2D eigenvalue weighted by atomic mass is 9.92. The van der Waals surface area contributed by atoms with Crippen molar-refractivity contribution in [2.45, 2.75) is 5.60 Å². The number of aliphatic hydroxyl groups is 1. The first-order valence-corrected chi connectivity index (χ1v) is 7.15. The number of fused-ring (bicyclic) bond motifs is 3. The molecule has 0 atom stereocenters. The Hall–Kier alpha value is -2.89. The third-order valence-corrected chi connectivity index (χ3v) is 3.96. The van der Waals surface area contributed by atoms with Gasteiger partial charge in [-0.15, -0.1) is 0 Å². The fraction of sp³-hybridized carbons (Fsp3) is 0.0500. The summed E-state index contributed by atoms with van der Waals surface area (Å²) in [6, 6.07) is 21.3. The highest BCUT2D eigenvalue weighted by Gasteiger charge is 2.39. The van der Waals surface area contributed by atoms with Crippen LogP contribution in [0, 0.1) is 11.8 Å². The van der Waals surface area contributed by atoms with Gasteiger partial charge in [-0.1, -0.05) is 60.5 Å². The molecule has 2 aromatic carbocycles. The summed E-state index contributed by atoms with van der Waals surface area (Å²) in [6.07, 6.45) is 1.70. The average molecular weight is 283 g/mol. The normalized spacial score (nSPS) is 13.7. The van der Waals surface area contributed by atoms with Gasteiger partial charge in [-0.25, -0.2) is 4.98 Å². The molecule has 22 heavy (non-hydrogen) atoms. The van der Waals surface area contributed by atoms with E-state index in [0.717, 1.165) is 22.3 Å². The van der Waals surface area contributed by atoms with Crippen LogP contribution in [-0.2, 0) is 5.60 Å². The Morgan fingerprint density at radius 3 is 1.95 bits per heavy atom. The molecule has 0 saturated carbocycles. The molecule has 0 spiro atoms. The van der Waals surface area contributed by atoms with Crippen LogP contribution in [0.3, 0.4) is 0 Å². The van der Waals surface area contributed by atoms with Crippen molar-refractivity contribution in [1.82, 2.24) is 4.98 Å². The summed E-state index contributed by atoms with van der Waals surface area (Å²) in [5.41, 5.74) is 3.11. The van der Waals surface area contributed by atoms with Crippen molar-refractivity contribution >= 4 is 0 Å². The molecule has 0 saturated heterocycles. The van der Waals surface area contributed by atoms with Gasteiger partial charge >= 0.3 is 0 Å². The van der Waals surface area contributed by atoms with E-state index in [1.807, 2.05) is 66.7 Å². The first-order chi connectivity index (χ1) is 10.8. The number of hydrogen-bond acceptors (Lipinski definition) is 2. The summed E-state index contributed by atoms with van der Waals surface area (Å²) in [7, 11) is 0. The Morgan fingerprint density at radius 1 is 0.773 bits per heavy atom. The van der Waals surface area contributed by atoms with Gasteiger partial charge in [0.25, 0.3) is 0 Å². The number of pyridine rings is 1. The monoisotopic (exact) mass is 283 g/mol. The maximum absolute atomic E-state index is 11.3. The molecule has 0 bridgehead atoms. The van der Waals surface area contributed by atoms with Gasteiger partial charge in [0.2, 0.25) is 0 Å². The zero-order chi connectivity index (χ0) is 15.0.